The van der Waals surface area contributed by atoms with E-state index in [0.29, 0.717) is 23.0 Å². The Bertz CT molecular complexity index is 2760. The van der Waals surface area contributed by atoms with Crippen LogP contribution in [0.4, 0.5) is 29.7 Å². The van der Waals surface area contributed by atoms with Crippen LogP contribution in [0, 0.1) is 23.5 Å². The zero-order valence-corrected chi connectivity index (χ0v) is 47.4. The number of carbonyl (C=O) groups is 4. The SMILES string of the molecule is CC(=O)N(C)[C@@H]1CC[C@@H](NC(=O)Nc2cccc(-c3nnnn3C)c2)[C@H](CN(C)CCCc2ccc(F)cc2)C1.CC(=O)N(C)[C@H]1CC[C@@H](NC(=O)Nc2cccc(-c3nnnn3C)c2)[C@H](CN(C)CCCc2ccc(F)cc2)C1. The Morgan fingerprint density at radius 1 is 0.562 bits per heavy atom. The third kappa shape index (κ3) is 17.6. The molecule has 2 aliphatic rings. The van der Waals surface area contributed by atoms with Crippen LogP contribution < -0.4 is 21.3 Å². The molecule has 2 fully saturated rings. The lowest BCUT2D eigenvalue weighted by Gasteiger charge is -2.41. The molecule has 8 rings (SSSR count). The molecule has 6 atom stereocenters. The van der Waals surface area contributed by atoms with Crippen molar-refractivity contribution >= 4 is 35.3 Å². The Balaban J connectivity index is 0.000000231. The van der Waals surface area contributed by atoms with Crippen LogP contribution in [0.2, 0.25) is 0 Å². The smallest absolute Gasteiger partial charge is 0.319 e. The number of hydrogen-bond donors (Lipinski definition) is 4. The van der Waals surface area contributed by atoms with E-state index in [4.69, 9.17) is 0 Å². The molecule has 0 bridgehead atoms. The van der Waals surface area contributed by atoms with Gasteiger partial charge in [0.1, 0.15) is 11.6 Å². The minimum atomic E-state index is -0.263. The number of benzene rings is 4. The normalized spacial score (nSPS) is 18.9. The van der Waals surface area contributed by atoms with Crippen LogP contribution in [-0.2, 0) is 36.5 Å². The van der Waals surface area contributed by atoms with Gasteiger partial charge in [-0.2, -0.15) is 0 Å². The molecule has 0 aliphatic heterocycles. The number of hydrogen-bond acceptors (Lipinski definition) is 12. The summed E-state index contributed by atoms with van der Waals surface area (Å²) < 4.78 is 29.6. The lowest BCUT2D eigenvalue weighted by Crippen LogP contribution is -2.52. The average Bonchev–Trinajstić information content (AvgIpc) is 4.08. The molecule has 428 valence electrons. The highest BCUT2D eigenvalue weighted by atomic mass is 19.1. The number of aromatic nitrogens is 8. The molecule has 2 heterocycles. The van der Waals surface area contributed by atoms with Crippen molar-refractivity contribution in [3.05, 3.63) is 120 Å². The van der Waals surface area contributed by atoms with Crippen molar-refractivity contribution in [2.45, 2.75) is 102 Å². The Kier molecular flexibility index (Phi) is 21.7. The number of anilines is 2. The molecular formula is C58H78F2N16O4. The van der Waals surface area contributed by atoms with Gasteiger partial charge in [0.15, 0.2) is 11.6 Å². The van der Waals surface area contributed by atoms with Crippen LogP contribution in [0.25, 0.3) is 22.8 Å². The van der Waals surface area contributed by atoms with Gasteiger partial charge in [0.25, 0.3) is 0 Å². The van der Waals surface area contributed by atoms with E-state index in [9.17, 15) is 28.0 Å². The van der Waals surface area contributed by atoms with E-state index in [2.05, 4.69) is 76.2 Å². The number of amides is 6. The van der Waals surface area contributed by atoms with Gasteiger partial charge in [0.05, 0.1) is 0 Å². The van der Waals surface area contributed by atoms with Gasteiger partial charge >= 0.3 is 12.1 Å². The number of rotatable bonds is 20. The van der Waals surface area contributed by atoms with E-state index in [1.807, 2.05) is 96.7 Å². The highest BCUT2D eigenvalue weighted by molar-refractivity contribution is 5.91. The second-order valence-electron chi connectivity index (χ2n) is 21.5. The van der Waals surface area contributed by atoms with Crippen molar-refractivity contribution in [2.75, 3.05) is 65.0 Å². The molecule has 2 aliphatic carbocycles. The predicted molar refractivity (Wildman–Crippen MR) is 304 cm³/mol. The van der Waals surface area contributed by atoms with Gasteiger partial charge in [0, 0.05) is 102 Å². The van der Waals surface area contributed by atoms with Gasteiger partial charge in [0.2, 0.25) is 11.8 Å². The summed E-state index contributed by atoms with van der Waals surface area (Å²) in [6.45, 7) is 6.54. The highest BCUT2D eigenvalue weighted by Crippen LogP contribution is 2.31. The molecule has 80 heavy (non-hydrogen) atoms. The van der Waals surface area contributed by atoms with E-state index in [0.717, 1.165) is 113 Å². The summed E-state index contributed by atoms with van der Waals surface area (Å²) in [5, 5.41) is 35.5. The number of urea groups is 2. The van der Waals surface area contributed by atoms with Crippen LogP contribution in [0.1, 0.15) is 76.3 Å². The second kappa shape index (κ2) is 28.9. The molecule has 20 nitrogen and oxygen atoms in total. The fourth-order valence-electron chi connectivity index (χ4n) is 11.0. The van der Waals surface area contributed by atoms with Crippen molar-refractivity contribution in [2.24, 2.45) is 25.9 Å². The molecule has 0 radical (unpaired) electrons. The predicted octanol–water partition coefficient (Wildman–Crippen LogP) is 7.44. The van der Waals surface area contributed by atoms with Crippen molar-refractivity contribution in [3.63, 3.8) is 0 Å². The quantitative estimate of drug-likeness (QED) is 0.0587. The van der Waals surface area contributed by atoms with Gasteiger partial charge < -0.3 is 40.9 Å². The largest absolute Gasteiger partial charge is 0.343 e. The van der Waals surface area contributed by atoms with Crippen LogP contribution in [0.3, 0.4) is 0 Å². The van der Waals surface area contributed by atoms with Crippen molar-refractivity contribution in [3.8, 4) is 22.8 Å². The molecule has 6 aromatic rings. The van der Waals surface area contributed by atoms with Crippen LogP contribution in [0.5, 0.6) is 0 Å². The van der Waals surface area contributed by atoms with Gasteiger partial charge in [-0.05, 0) is 184 Å². The van der Waals surface area contributed by atoms with E-state index >= 15 is 0 Å². The molecule has 0 unspecified atom stereocenters. The van der Waals surface area contributed by atoms with Crippen LogP contribution in [-0.4, -0.2) is 162 Å². The summed E-state index contributed by atoms with van der Waals surface area (Å²) in [6, 6.07) is 27.9. The number of nitrogens with zero attached hydrogens (tertiary/aromatic N) is 12. The third-order valence-corrected chi connectivity index (χ3v) is 15.6. The minimum absolute atomic E-state index is 0.0257. The fourth-order valence-corrected chi connectivity index (χ4v) is 11.0. The second-order valence-corrected chi connectivity index (χ2v) is 21.5. The maximum atomic E-state index is 13.2. The van der Waals surface area contributed by atoms with E-state index < -0.39 is 0 Å². The van der Waals surface area contributed by atoms with Gasteiger partial charge in [-0.15, -0.1) is 10.2 Å². The number of aryl methyl sites for hydroxylation is 4. The lowest BCUT2D eigenvalue weighted by molar-refractivity contribution is -0.131. The summed E-state index contributed by atoms with van der Waals surface area (Å²) in [7, 11) is 11.4. The first-order chi connectivity index (χ1) is 38.4. The average molecular weight is 1100 g/mol. The molecule has 0 spiro atoms. The van der Waals surface area contributed by atoms with Gasteiger partial charge in [-0.3, -0.25) is 9.59 Å². The molecule has 0 saturated heterocycles. The van der Waals surface area contributed by atoms with Gasteiger partial charge in [-0.1, -0.05) is 48.5 Å². The topological polar surface area (TPSA) is 217 Å². The number of tetrazole rings is 2. The standard InChI is InChI=1S/2C29H39FN8O2/c2*1-20(39)37(3)26-14-15-27(23(18-26)19-36(2)16-6-7-21-10-12-24(30)13-11-21)32-29(40)31-25-9-5-8-22(17-25)28-33-34-35-38(28)4/h2*5,8-13,17,23,26-27H,6-7,14-16,18-19H2,1-4H3,(H2,31,32,40)/t23-,26+,27+;23-,26-,27+/m00/s1. The van der Waals surface area contributed by atoms with E-state index in [-0.39, 0.29) is 71.5 Å². The van der Waals surface area contributed by atoms with Crippen LogP contribution in [0.15, 0.2) is 97.1 Å². The zero-order chi connectivity index (χ0) is 57.3. The summed E-state index contributed by atoms with van der Waals surface area (Å²) in [5.74, 6) is 1.25. The molecule has 22 heteroatoms. The Morgan fingerprint density at radius 3 is 1.30 bits per heavy atom. The summed E-state index contributed by atoms with van der Waals surface area (Å²) in [4.78, 5) is 58.5. The fraction of sp³-hybridized carbons (Fsp3) is 0.483. The molecule has 4 aromatic carbocycles. The molecule has 2 aromatic heterocycles. The molecule has 2 saturated carbocycles. The Morgan fingerprint density at radius 2 is 0.950 bits per heavy atom. The maximum absolute atomic E-state index is 13.2. The maximum Gasteiger partial charge on any atom is 0.319 e. The van der Waals surface area contributed by atoms with Crippen molar-refractivity contribution in [1.29, 1.82) is 0 Å². The molecule has 4 N–H and O–H groups in total. The van der Waals surface area contributed by atoms with Crippen molar-refractivity contribution < 1.29 is 28.0 Å². The van der Waals surface area contributed by atoms with E-state index in [1.54, 1.807) is 37.3 Å². The first kappa shape index (κ1) is 59.9. The van der Waals surface area contributed by atoms with Crippen LogP contribution >= 0.6 is 0 Å². The monoisotopic (exact) mass is 1100 g/mol. The van der Waals surface area contributed by atoms with E-state index in [1.165, 1.54) is 24.3 Å². The first-order valence-electron chi connectivity index (χ1n) is 27.5. The molecular weight excluding hydrogens is 1020 g/mol. The highest BCUT2D eigenvalue weighted by Gasteiger charge is 2.36. The summed E-state index contributed by atoms with van der Waals surface area (Å²) in [5.41, 5.74) is 5.14. The summed E-state index contributed by atoms with van der Waals surface area (Å²) in [6.07, 6.45) is 8.51. The third-order valence-electron chi connectivity index (χ3n) is 15.6. The molecule has 6 amide bonds. The Hall–Kier alpha value is -7.72. The minimum Gasteiger partial charge on any atom is -0.343 e. The number of carbonyl (C=O) groups excluding carboxylic acids is 4. The zero-order valence-electron chi connectivity index (χ0n) is 47.4. The Labute approximate surface area is 468 Å². The first-order valence-corrected chi connectivity index (χ1v) is 27.5. The van der Waals surface area contributed by atoms with Gasteiger partial charge in [-0.25, -0.2) is 27.7 Å². The summed E-state index contributed by atoms with van der Waals surface area (Å²) >= 11 is 0. The lowest BCUT2D eigenvalue weighted by atomic mass is 9.80. The number of nitrogens with one attached hydrogen (secondary N) is 4. The number of halogens is 2. The van der Waals surface area contributed by atoms with Crippen molar-refractivity contribution in [1.82, 2.24) is 70.6 Å².